The third-order valence-corrected chi connectivity index (χ3v) is 6.17. The maximum absolute atomic E-state index is 6.02. The van der Waals surface area contributed by atoms with Gasteiger partial charge in [0.25, 0.3) is 0 Å². The van der Waals surface area contributed by atoms with Crippen LogP contribution in [-0.4, -0.2) is 48.2 Å². The van der Waals surface area contributed by atoms with Gasteiger partial charge in [-0.25, -0.2) is 4.98 Å². The number of aromatic nitrogens is 1. The Balaban J connectivity index is 1.68. The summed E-state index contributed by atoms with van der Waals surface area (Å²) in [5, 5.41) is 6.99. The molecule has 0 spiro atoms. The number of fused-ring (bicyclic) bond motifs is 1. The van der Waals surface area contributed by atoms with E-state index in [1.54, 1.807) is 11.3 Å². The second-order valence-electron chi connectivity index (χ2n) is 7.55. The first-order chi connectivity index (χ1) is 11.4. The molecule has 1 saturated carbocycles. The lowest BCUT2D eigenvalue weighted by Crippen LogP contribution is -2.71. The molecule has 1 saturated heterocycles. The molecule has 0 radical (unpaired) electrons. The van der Waals surface area contributed by atoms with Crippen molar-refractivity contribution in [2.24, 2.45) is 16.3 Å². The zero-order chi connectivity index (χ0) is 17.3. The van der Waals surface area contributed by atoms with Gasteiger partial charge in [0, 0.05) is 43.0 Å². The van der Waals surface area contributed by atoms with Gasteiger partial charge in [0.1, 0.15) is 0 Å². The average Bonchev–Trinajstić information content (AvgIpc) is 2.96. The van der Waals surface area contributed by atoms with Crippen molar-refractivity contribution in [3.63, 3.8) is 0 Å². The van der Waals surface area contributed by atoms with Gasteiger partial charge in [-0.05, 0) is 26.7 Å². The number of hydrogen-bond acceptors (Lipinski definition) is 4. The molecule has 2 aliphatic rings. The molecule has 0 aromatic carbocycles. The molecule has 0 amide bonds. The molecule has 6 heteroatoms. The van der Waals surface area contributed by atoms with Crippen LogP contribution >= 0.6 is 11.3 Å². The zero-order valence-electron chi connectivity index (χ0n) is 15.5. The van der Waals surface area contributed by atoms with E-state index in [4.69, 9.17) is 9.73 Å². The smallest absolute Gasteiger partial charge is 0.194 e. The van der Waals surface area contributed by atoms with Crippen LogP contribution in [-0.2, 0) is 11.3 Å². The van der Waals surface area contributed by atoms with Crippen molar-refractivity contribution >= 4 is 17.3 Å². The number of aliphatic imine (C=N–C) groups is 1. The summed E-state index contributed by atoms with van der Waals surface area (Å²) in [6.45, 7) is 11.2. The molecule has 1 aromatic rings. The normalized spacial score (nSPS) is 28.9. The molecule has 1 N–H and O–H groups in total. The molecule has 1 aromatic heterocycles. The SMILES string of the molecule is CCN=C(NC1C2CCCOC2C1(C)C)N(C)Cc1csc(C)n1. The Hall–Kier alpha value is -1.14. The van der Waals surface area contributed by atoms with Crippen LogP contribution in [0.25, 0.3) is 0 Å². The fourth-order valence-corrected chi connectivity index (χ4v) is 4.78. The number of guanidine groups is 1. The molecule has 0 bridgehead atoms. The van der Waals surface area contributed by atoms with E-state index >= 15 is 0 Å². The first kappa shape index (κ1) is 17.7. The standard InChI is InChI=1S/C18H30N4OS/c1-6-19-17(22(5)10-13-11-24-12(2)20-13)21-15-14-8-7-9-23-16(14)18(15,3)4/h11,14-16H,6-10H2,1-5H3,(H,19,21). The predicted molar refractivity (Wildman–Crippen MR) is 99.5 cm³/mol. The van der Waals surface area contributed by atoms with E-state index in [1.807, 2.05) is 6.92 Å². The van der Waals surface area contributed by atoms with E-state index in [0.717, 1.165) is 36.4 Å². The number of rotatable bonds is 4. The topological polar surface area (TPSA) is 49.8 Å². The molecule has 1 aliphatic heterocycles. The highest BCUT2D eigenvalue weighted by molar-refractivity contribution is 7.09. The second kappa shape index (κ2) is 7.00. The predicted octanol–water partition coefficient (Wildman–Crippen LogP) is 3.05. The van der Waals surface area contributed by atoms with E-state index in [1.165, 1.54) is 12.8 Å². The van der Waals surface area contributed by atoms with Gasteiger partial charge in [-0.3, -0.25) is 4.99 Å². The molecule has 3 rings (SSSR count). The lowest BCUT2D eigenvalue weighted by Gasteiger charge is -2.60. The summed E-state index contributed by atoms with van der Waals surface area (Å²) in [6, 6.07) is 0.424. The zero-order valence-corrected chi connectivity index (χ0v) is 16.3. The lowest BCUT2D eigenvalue weighted by molar-refractivity contribution is -0.188. The van der Waals surface area contributed by atoms with Gasteiger partial charge in [0.15, 0.2) is 5.96 Å². The number of hydrogen-bond donors (Lipinski definition) is 1. The van der Waals surface area contributed by atoms with Gasteiger partial charge in [0.2, 0.25) is 0 Å². The molecular weight excluding hydrogens is 320 g/mol. The summed E-state index contributed by atoms with van der Waals surface area (Å²) in [7, 11) is 2.09. The monoisotopic (exact) mass is 350 g/mol. The van der Waals surface area contributed by atoms with Crippen LogP contribution in [0.15, 0.2) is 10.4 Å². The summed E-state index contributed by atoms with van der Waals surface area (Å²) < 4.78 is 6.02. The first-order valence-electron chi connectivity index (χ1n) is 8.98. The average molecular weight is 351 g/mol. The van der Waals surface area contributed by atoms with E-state index in [0.29, 0.717) is 18.1 Å². The van der Waals surface area contributed by atoms with Crippen LogP contribution in [0.4, 0.5) is 0 Å². The van der Waals surface area contributed by atoms with Crippen molar-refractivity contribution in [1.29, 1.82) is 0 Å². The highest BCUT2D eigenvalue weighted by Gasteiger charge is 2.58. The van der Waals surface area contributed by atoms with Gasteiger partial charge in [-0.15, -0.1) is 11.3 Å². The Morgan fingerprint density at radius 2 is 2.33 bits per heavy atom. The van der Waals surface area contributed by atoms with Gasteiger partial charge < -0.3 is 15.0 Å². The van der Waals surface area contributed by atoms with Crippen LogP contribution in [0.1, 0.15) is 44.3 Å². The number of ether oxygens (including phenoxy) is 1. The number of thiazole rings is 1. The van der Waals surface area contributed by atoms with E-state index < -0.39 is 0 Å². The largest absolute Gasteiger partial charge is 0.377 e. The van der Waals surface area contributed by atoms with Crippen LogP contribution < -0.4 is 5.32 Å². The fraction of sp³-hybridized carbons (Fsp3) is 0.778. The summed E-state index contributed by atoms with van der Waals surface area (Å²) in [5.41, 5.74) is 1.26. The van der Waals surface area contributed by atoms with Crippen LogP contribution in [0.2, 0.25) is 0 Å². The molecule has 5 nitrogen and oxygen atoms in total. The summed E-state index contributed by atoms with van der Waals surface area (Å²) in [5.74, 6) is 1.58. The summed E-state index contributed by atoms with van der Waals surface area (Å²) in [4.78, 5) is 11.5. The van der Waals surface area contributed by atoms with Crippen molar-refractivity contribution in [2.45, 2.75) is 59.2 Å². The quantitative estimate of drug-likeness (QED) is 0.670. The molecule has 2 heterocycles. The fourth-order valence-electron chi connectivity index (χ4n) is 4.18. The Morgan fingerprint density at radius 1 is 1.54 bits per heavy atom. The Morgan fingerprint density at radius 3 is 3.00 bits per heavy atom. The van der Waals surface area contributed by atoms with Crippen molar-refractivity contribution in [3.05, 3.63) is 16.1 Å². The molecule has 2 fully saturated rings. The lowest BCUT2D eigenvalue weighted by atomic mass is 9.55. The van der Waals surface area contributed by atoms with Crippen LogP contribution in [0.5, 0.6) is 0 Å². The van der Waals surface area contributed by atoms with Gasteiger partial charge in [-0.2, -0.15) is 0 Å². The van der Waals surface area contributed by atoms with Gasteiger partial charge in [-0.1, -0.05) is 13.8 Å². The van der Waals surface area contributed by atoms with E-state index in [9.17, 15) is 0 Å². The van der Waals surface area contributed by atoms with Crippen LogP contribution in [0.3, 0.4) is 0 Å². The molecule has 3 atom stereocenters. The second-order valence-corrected chi connectivity index (χ2v) is 8.61. The molecule has 3 unspecified atom stereocenters. The van der Waals surface area contributed by atoms with E-state index in [2.05, 4.69) is 48.4 Å². The minimum Gasteiger partial charge on any atom is -0.377 e. The molecule has 24 heavy (non-hydrogen) atoms. The molecule has 134 valence electrons. The van der Waals surface area contributed by atoms with Gasteiger partial charge >= 0.3 is 0 Å². The third-order valence-electron chi connectivity index (χ3n) is 5.35. The Bertz CT molecular complexity index is 598. The Kier molecular flexibility index (Phi) is 5.16. The molecule has 1 aliphatic carbocycles. The number of nitrogens with zero attached hydrogens (tertiary/aromatic N) is 3. The van der Waals surface area contributed by atoms with Gasteiger partial charge in [0.05, 0.1) is 23.4 Å². The third kappa shape index (κ3) is 3.31. The minimum absolute atomic E-state index is 0.150. The van der Waals surface area contributed by atoms with Crippen molar-refractivity contribution < 1.29 is 4.74 Å². The van der Waals surface area contributed by atoms with Crippen molar-refractivity contribution in [2.75, 3.05) is 20.2 Å². The summed E-state index contributed by atoms with van der Waals surface area (Å²) in [6.07, 6.45) is 2.81. The Labute approximate surface area is 149 Å². The molecular formula is C18H30N4OS. The highest BCUT2D eigenvalue weighted by Crippen LogP contribution is 2.51. The maximum Gasteiger partial charge on any atom is 0.194 e. The number of aryl methyl sites for hydroxylation is 1. The highest BCUT2D eigenvalue weighted by atomic mass is 32.1. The van der Waals surface area contributed by atoms with Crippen molar-refractivity contribution in [1.82, 2.24) is 15.2 Å². The first-order valence-corrected chi connectivity index (χ1v) is 9.86. The van der Waals surface area contributed by atoms with Crippen molar-refractivity contribution in [3.8, 4) is 0 Å². The van der Waals surface area contributed by atoms with E-state index in [-0.39, 0.29) is 5.41 Å². The minimum atomic E-state index is 0.150. The summed E-state index contributed by atoms with van der Waals surface area (Å²) >= 11 is 1.70. The van der Waals surface area contributed by atoms with Crippen LogP contribution in [0, 0.1) is 18.3 Å². The number of nitrogens with one attached hydrogen (secondary N) is 1. The maximum atomic E-state index is 6.02.